The molecule has 10 nitrogen and oxygen atoms in total. The first-order chi connectivity index (χ1) is 18.1. The van der Waals surface area contributed by atoms with Crippen LogP contribution in [0.5, 0.6) is 11.5 Å². The lowest BCUT2D eigenvalue weighted by Gasteiger charge is -2.18. The molecule has 0 fully saturated rings. The summed E-state index contributed by atoms with van der Waals surface area (Å²) < 4.78 is 26.1. The van der Waals surface area contributed by atoms with Crippen LogP contribution in [0.15, 0.2) is 18.2 Å². The smallest absolute Gasteiger partial charge is 0.458 e. The number of benzene rings is 1. The van der Waals surface area contributed by atoms with Crippen molar-refractivity contribution in [1.82, 2.24) is 0 Å². The minimum Gasteiger partial charge on any atom is -0.458 e. The van der Waals surface area contributed by atoms with Crippen LogP contribution in [0, 0.1) is 5.92 Å². The number of unbranched alkanes of at least 4 members (excludes halogenated alkanes) is 2. The first-order valence-electron chi connectivity index (χ1n) is 13.4. The highest BCUT2D eigenvalue weighted by atomic mass is 16.7. The van der Waals surface area contributed by atoms with Gasteiger partial charge in [-0.1, -0.05) is 53.0 Å². The topological polar surface area (TPSA) is 140 Å². The number of carbonyl (C=O) groups excluding carboxylic acids is 4. The van der Waals surface area contributed by atoms with Crippen molar-refractivity contribution in [3.8, 4) is 11.5 Å². The molecule has 1 aromatic carbocycles. The molecule has 1 unspecified atom stereocenters. The van der Waals surface area contributed by atoms with Crippen molar-refractivity contribution in [1.29, 1.82) is 0 Å². The molecular formula is C28H43NO9. The van der Waals surface area contributed by atoms with Gasteiger partial charge in [-0.3, -0.25) is 14.4 Å². The van der Waals surface area contributed by atoms with E-state index in [2.05, 4.69) is 0 Å². The summed E-state index contributed by atoms with van der Waals surface area (Å²) in [5.41, 5.74) is 6.62. The summed E-state index contributed by atoms with van der Waals surface area (Å²) in [4.78, 5) is 48.5. The fourth-order valence-electron chi connectivity index (χ4n) is 3.05. The Bertz CT molecular complexity index is 902. The first kappa shape index (κ1) is 32.9. The summed E-state index contributed by atoms with van der Waals surface area (Å²) in [6.45, 7) is 9.52. The largest absolute Gasteiger partial charge is 0.508 e. The highest BCUT2D eigenvalue weighted by Crippen LogP contribution is 2.30. The standard InChI is InChI=1S/C28H43NO9/c1-6-9-11-25(30)37-23-14-13-21(16-24(23)38-26(31)12-10-7-2)15-22(29)27(32)36-20(5)18-35-28(33)34-17-19(4)8-3/h13-14,16,19-20,22H,6-12,15,17-18,29H2,1-5H3/t19?,20-,22-/m0/s1. The van der Waals surface area contributed by atoms with Crippen LogP contribution in [-0.2, 0) is 35.0 Å². The minimum absolute atomic E-state index is 0.0763. The summed E-state index contributed by atoms with van der Waals surface area (Å²) in [7, 11) is 0. The van der Waals surface area contributed by atoms with E-state index >= 15 is 0 Å². The van der Waals surface area contributed by atoms with E-state index in [1.54, 1.807) is 13.0 Å². The molecule has 0 aliphatic rings. The Morgan fingerprint density at radius 3 is 2.00 bits per heavy atom. The molecule has 0 bridgehead atoms. The molecule has 1 aromatic rings. The molecule has 1 rings (SSSR count). The van der Waals surface area contributed by atoms with E-state index in [4.69, 9.17) is 29.4 Å². The molecule has 0 aromatic heterocycles. The maximum atomic E-state index is 12.5. The molecule has 0 saturated heterocycles. The van der Waals surface area contributed by atoms with Crippen molar-refractivity contribution in [2.75, 3.05) is 13.2 Å². The third-order valence-corrected chi connectivity index (χ3v) is 5.62. The van der Waals surface area contributed by atoms with E-state index < -0.39 is 36.2 Å². The van der Waals surface area contributed by atoms with Crippen LogP contribution >= 0.6 is 0 Å². The van der Waals surface area contributed by atoms with E-state index in [1.807, 2.05) is 27.7 Å². The van der Waals surface area contributed by atoms with Gasteiger partial charge in [0, 0.05) is 12.8 Å². The average molecular weight is 538 g/mol. The van der Waals surface area contributed by atoms with Gasteiger partial charge in [-0.2, -0.15) is 0 Å². The van der Waals surface area contributed by atoms with Crippen LogP contribution in [0.3, 0.4) is 0 Å². The molecule has 2 N–H and O–H groups in total. The van der Waals surface area contributed by atoms with Gasteiger partial charge in [-0.15, -0.1) is 0 Å². The second-order valence-electron chi connectivity index (χ2n) is 9.38. The van der Waals surface area contributed by atoms with Gasteiger partial charge in [-0.25, -0.2) is 4.79 Å². The van der Waals surface area contributed by atoms with Crippen molar-refractivity contribution in [2.45, 2.75) is 98.1 Å². The number of hydrogen-bond acceptors (Lipinski definition) is 10. The Morgan fingerprint density at radius 2 is 1.42 bits per heavy atom. The van der Waals surface area contributed by atoms with Crippen LogP contribution in [0.2, 0.25) is 0 Å². The predicted octanol–water partition coefficient (Wildman–Crippen LogP) is 4.88. The predicted molar refractivity (Wildman–Crippen MR) is 141 cm³/mol. The third kappa shape index (κ3) is 13.4. The van der Waals surface area contributed by atoms with Crippen molar-refractivity contribution in [3.05, 3.63) is 23.8 Å². The molecule has 0 heterocycles. The highest BCUT2D eigenvalue weighted by Gasteiger charge is 2.22. The summed E-state index contributed by atoms with van der Waals surface area (Å²) in [5.74, 6) is -1.13. The number of rotatable bonds is 17. The lowest BCUT2D eigenvalue weighted by atomic mass is 10.1. The average Bonchev–Trinajstić information content (AvgIpc) is 2.89. The lowest BCUT2D eigenvalue weighted by Crippen LogP contribution is -2.37. The van der Waals surface area contributed by atoms with Gasteiger partial charge >= 0.3 is 24.1 Å². The Hall–Kier alpha value is -3.14. The quantitative estimate of drug-likeness (QED) is 0.216. The van der Waals surface area contributed by atoms with Gasteiger partial charge in [0.1, 0.15) is 18.8 Å². The van der Waals surface area contributed by atoms with E-state index in [-0.39, 0.29) is 49.9 Å². The second kappa shape index (κ2) is 18.2. The first-order valence-corrected chi connectivity index (χ1v) is 13.4. The molecule has 38 heavy (non-hydrogen) atoms. The van der Waals surface area contributed by atoms with Gasteiger partial charge < -0.3 is 29.4 Å². The fourth-order valence-corrected chi connectivity index (χ4v) is 3.05. The minimum atomic E-state index is -1.03. The number of carbonyl (C=O) groups is 4. The maximum absolute atomic E-state index is 12.5. The third-order valence-electron chi connectivity index (χ3n) is 5.62. The second-order valence-corrected chi connectivity index (χ2v) is 9.38. The summed E-state index contributed by atoms with van der Waals surface area (Å²) in [6.07, 6.45) is 2.87. The van der Waals surface area contributed by atoms with E-state index in [1.165, 1.54) is 12.1 Å². The number of esters is 3. The van der Waals surface area contributed by atoms with Gasteiger partial charge in [0.15, 0.2) is 11.5 Å². The van der Waals surface area contributed by atoms with Crippen molar-refractivity contribution >= 4 is 24.1 Å². The summed E-state index contributed by atoms with van der Waals surface area (Å²) in [5, 5.41) is 0. The number of nitrogens with two attached hydrogens (primary N) is 1. The number of hydrogen-bond donors (Lipinski definition) is 1. The normalized spacial score (nSPS) is 13.1. The molecule has 0 radical (unpaired) electrons. The zero-order valence-corrected chi connectivity index (χ0v) is 23.3. The Kier molecular flexibility index (Phi) is 15.7. The maximum Gasteiger partial charge on any atom is 0.508 e. The Balaban J connectivity index is 2.75. The van der Waals surface area contributed by atoms with Crippen LogP contribution in [-0.4, -0.2) is 49.4 Å². The summed E-state index contributed by atoms with van der Waals surface area (Å²) in [6, 6.07) is 3.65. The zero-order valence-electron chi connectivity index (χ0n) is 23.3. The monoisotopic (exact) mass is 537 g/mol. The van der Waals surface area contributed by atoms with Gasteiger partial charge in [0.2, 0.25) is 0 Å². The van der Waals surface area contributed by atoms with Gasteiger partial charge in [0.25, 0.3) is 0 Å². The van der Waals surface area contributed by atoms with Crippen LogP contribution in [0.4, 0.5) is 4.79 Å². The molecule has 0 aliphatic heterocycles. The molecule has 214 valence electrons. The van der Waals surface area contributed by atoms with Gasteiger partial charge in [-0.05, 0) is 49.8 Å². The molecule has 0 amide bonds. The van der Waals surface area contributed by atoms with E-state index in [9.17, 15) is 19.2 Å². The van der Waals surface area contributed by atoms with E-state index in [0.29, 0.717) is 18.4 Å². The highest BCUT2D eigenvalue weighted by molar-refractivity contribution is 5.77. The van der Waals surface area contributed by atoms with Crippen molar-refractivity contribution in [2.24, 2.45) is 11.7 Å². The molecule has 0 spiro atoms. The number of ether oxygens (including phenoxy) is 5. The SMILES string of the molecule is CCCCC(=O)Oc1ccc(C[C@H](N)C(=O)O[C@@H](C)COC(=O)OCC(C)CC)cc1OC(=O)CCCC. The lowest BCUT2D eigenvalue weighted by molar-refractivity contribution is -0.152. The molecule has 0 saturated carbocycles. The molecule has 3 atom stereocenters. The van der Waals surface area contributed by atoms with Gasteiger partial charge in [0.05, 0.1) is 6.61 Å². The van der Waals surface area contributed by atoms with Crippen molar-refractivity contribution < 1.29 is 42.9 Å². The van der Waals surface area contributed by atoms with Crippen LogP contribution in [0.1, 0.15) is 85.1 Å². The zero-order chi connectivity index (χ0) is 28.5. The fraction of sp³-hybridized carbons (Fsp3) is 0.643. The van der Waals surface area contributed by atoms with Crippen LogP contribution in [0.25, 0.3) is 0 Å². The van der Waals surface area contributed by atoms with Crippen molar-refractivity contribution in [3.63, 3.8) is 0 Å². The molecule has 0 aliphatic carbocycles. The summed E-state index contributed by atoms with van der Waals surface area (Å²) >= 11 is 0. The van der Waals surface area contributed by atoms with E-state index in [0.717, 1.165) is 19.3 Å². The van der Waals surface area contributed by atoms with Crippen LogP contribution < -0.4 is 15.2 Å². The molecule has 10 heteroatoms. The Labute approximate surface area is 225 Å². The Morgan fingerprint density at radius 1 is 0.842 bits per heavy atom. The molecular weight excluding hydrogens is 494 g/mol.